The van der Waals surface area contributed by atoms with Crippen LogP contribution < -0.4 is 16.2 Å². The molecule has 10 heteroatoms. The zero-order chi connectivity index (χ0) is 21.4. The lowest BCUT2D eigenvalue weighted by molar-refractivity contribution is -0.140. The van der Waals surface area contributed by atoms with Crippen molar-refractivity contribution in [2.75, 3.05) is 12.0 Å². The summed E-state index contributed by atoms with van der Waals surface area (Å²) in [6.07, 6.45) is 0.500. The fraction of sp³-hybridized carbons (Fsp3) is 0.211. The molecule has 0 saturated carbocycles. The van der Waals surface area contributed by atoms with Crippen molar-refractivity contribution in [3.63, 3.8) is 0 Å². The average molecular weight is 403 g/mol. The number of aromatic nitrogens is 1. The Kier molecular flexibility index (Phi) is 7.35. The van der Waals surface area contributed by atoms with Crippen molar-refractivity contribution >= 4 is 29.3 Å². The van der Waals surface area contributed by atoms with Crippen LogP contribution in [-0.2, 0) is 20.9 Å². The van der Waals surface area contributed by atoms with Crippen molar-refractivity contribution < 1.29 is 28.7 Å². The first kappa shape index (κ1) is 21.5. The number of anilines is 1. The number of pyridine rings is 1. The normalized spacial score (nSPS) is 11.3. The molecule has 152 valence electrons. The monoisotopic (exact) mass is 403 g/mol. The summed E-state index contributed by atoms with van der Waals surface area (Å²) in [5, 5.41) is 13.3. The predicted molar refractivity (Wildman–Crippen MR) is 100 cm³/mol. The molecule has 1 heterocycles. The lowest BCUT2D eigenvalue weighted by Gasteiger charge is -2.15. The summed E-state index contributed by atoms with van der Waals surface area (Å²) in [6.45, 7) is -1.98. The van der Waals surface area contributed by atoms with Gasteiger partial charge in [0.05, 0.1) is 6.42 Å². The molecule has 0 aliphatic carbocycles. The number of alkyl halides is 1. The van der Waals surface area contributed by atoms with Crippen LogP contribution in [0.15, 0.2) is 53.5 Å². The number of nitrogens with one attached hydrogen (secondary N) is 2. The molecule has 9 nitrogen and oxygen atoms in total. The molecule has 29 heavy (non-hydrogen) atoms. The molecule has 0 bridgehead atoms. The van der Waals surface area contributed by atoms with Crippen molar-refractivity contribution in [3.8, 4) is 0 Å². The van der Waals surface area contributed by atoms with E-state index in [-0.39, 0.29) is 5.69 Å². The number of rotatable bonds is 9. The van der Waals surface area contributed by atoms with E-state index >= 15 is 0 Å². The van der Waals surface area contributed by atoms with Gasteiger partial charge in [0.2, 0.25) is 5.91 Å². The van der Waals surface area contributed by atoms with Crippen LogP contribution in [0.2, 0.25) is 0 Å². The van der Waals surface area contributed by atoms with Gasteiger partial charge < -0.3 is 20.3 Å². The van der Waals surface area contributed by atoms with Crippen LogP contribution in [0.25, 0.3) is 0 Å². The first-order valence-corrected chi connectivity index (χ1v) is 8.47. The lowest BCUT2D eigenvalue weighted by atomic mass is 10.1. The number of carboxylic acid groups (broad SMARTS) is 1. The summed E-state index contributed by atoms with van der Waals surface area (Å²) >= 11 is 0. The maximum absolute atomic E-state index is 12.6. The molecule has 0 aliphatic heterocycles. The molecule has 1 aromatic heterocycles. The van der Waals surface area contributed by atoms with E-state index in [1.165, 1.54) is 18.3 Å². The number of hydrogen-bond donors (Lipinski definition) is 3. The molecular formula is C19H18FN3O6. The number of hydrogen-bond acceptors (Lipinski definition) is 5. The van der Waals surface area contributed by atoms with Crippen LogP contribution in [-0.4, -0.2) is 46.0 Å². The van der Waals surface area contributed by atoms with E-state index in [4.69, 9.17) is 5.11 Å². The van der Waals surface area contributed by atoms with E-state index in [0.717, 1.165) is 4.57 Å². The zero-order valence-electron chi connectivity index (χ0n) is 15.1. The van der Waals surface area contributed by atoms with Crippen LogP contribution in [0.4, 0.5) is 10.1 Å². The fourth-order valence-electron chi connectivity index (χ4n) is 2.45. The first-order valence-electron chi connectivity index (χ1n) is 8.47. The number of carboxylic acids is 1. The molecular weight excluding hydrogens is 385 g/mol. The van der Waals surface area contributed by atoms with Gasteiger partial charge in [-0.2, -0.15) is 0 Å². The van der Waals surface area contributed by atoms with Gasteiger partial charge >= 0.3 is 5.97 Å². The number of halogens is 1. The quantitative estimate of drug-likeness (QED) is 0.561. The Hall–Kier alpha value is -3.82. The minimum atomic E-state index is -1.54. The minimum absolute atomic E-state index is 0.0731. The average Bonchev–Trinajstić information content (AvgIpc) is 2.70. The summed E-state index contributed by atoms with van der Waals surface area (Å²) in [5.74, 6) is -3.84. The third-order valence-corrected chi connectivity index (χ3v) is 3.85. The van der Waals surface area contributed by atoms with Crippen molar-refractivity contribution in [2.45, 2.75) is 19.0 Å². The second kappa shape index (κ2) is 9.93. The molecule has 3 N–H and O–H groups in total. The Bertz CT molecular complexity index is 973. The van der Waals surface area contributed by atoms with Gasteiger partial charge in [0.1, 0.15) is 24.9 Å². The molecule has 1 atom stereocenters. The van der Waals surface area contributed by atoms with Gasteiger partial charge in [-0.3, -0.25) is 24.0 Å². The topological polar surface area (TPSA) is 135 Å². The van der Waals surface area contributed by atoms with Gasteiger partial charge in [0.25, 0.3) is 11.5 Å². The Labute approximate surface area is 164 Å². The minimum Gasteiger partial charge on any atom is -0.481 e. The van der Waals surface area contributed by atoms with Gasteiger partial charge in [0.15, 0.2) is 5.78 Å². The number of amides is 2. The van der Waals surface area contributed by atoms with Crippen molar-refractivity contribution in [3.05, 3.63) is 64.6 Å². The highest BCUT2D eigenvalue weighted by molar-refractivity contribution is 6.04. The number of nitrogens with zero attached hydrogens (tertiary/aromatic N) is 1. The zero-order valence-corrected chi connectivity index (χ0v) is 15.1. The standard InChI is InChI=1S/C19H18FN3O6/c20-10-15(24)14(9-17(26)27)21-16(25)11-23-8-4-7-13(19(23)29)22-18(28)12-5-2-1-3-6-12/h1-8,14H,9-11H2,(H,21,25)(H,22,28)(H,26,27)/t14-/m0/s1. The van der Waals surface area contributed by atoms with Crippen LogP contribution in [0, 0.1) is 0 Å². The van der Waals surface area contributed by atoms with Crippen LogP contribution >= 0.6 is 0 Å². The Morgan fingerprint density at radius 1 is 1.07 bits per heavy atom. The molecule has 0 fully saturated rings. The maximum Gasteiger partial charge on any atom is 0.305 e. The highest BCUT2D eigenvalue weighted by Gasteiger charge is 2.23. The second-order valence-corrected chi connectivity index (χ2v) is 5.99. The molecule has 0 spiro atoms. The van der Waals surface area contributed by atoms with E-state index in [0.29, 0.717) is 5.56 Å². The van der Waals surface area contributed by atoms with E-state index in [1.807, 2.05) is 0 Å². The third-order valence-electron chi connectivity index (χ3n) is 3.85. The smallest absolute Gasteiger partial charge is 0.305 e. The first-order chi connectivity index (χ1) is 13.8. The Morgan fingerprint density at radius 2 is 1.76 bits per heavy atom. The van der Waals surface area contributed by atoms with E-state index < -0.39 is 54.8 Å². The predicted octanol–water partition coefficient (Wildman–Crippen LogP) is 0.599. The molecule has 0 aliphatic rings. The lowest BCUT2D eigenvalue weighted by Crippen LogP contribution is -2.45. The molecule has 1 aromatic carbocycles. The van der Waals surface area contributed by atoms with Crippen molar-refractivity contribution in [2.24, 2.45) is 0 Å². The summed E-state index contributed by atoms with van der Waals surface area (Å²) in [4.78, 5) is 59.0. The summed E-state index contributed by atoms with van der Waals surface area (Å²) in [5.41, 5.74) is -0.420. The maximum atomic E-state index is 12.6. The van der Waals surface area contributed by atoms with Crippen LogP contribution in [0.1, 0.15) is 16.8 Å². The third kappa shape index (κ3) is 6.09. The highest BCUT2D eigenvalue weighted by Crippen LogP contribution is 2.05. The van der Waals surface area contributed by atoms with Crippen LogP contribution in [0.5, 0.6) is 0 Å². The Balaban J connectivity index is 2.11. The molecule has 0 saturated heterocycles. The number of Topliss-reactive ketones (excluding diaryl/α,β-unsaturated/α-hetero) is 1. The molecule has 0 radical (unpaired) electrons. The molecule has 2 rings (SSSR count). The van der Waals surface area contributed by atoms with E-state index in [9.17, 15) is 28.4 Å². The molecule has 0 unspecified atom stereocenters. The molecule has 2 aromatic rings. The summed E-state index contributed by atoms with van der Waals surface area (Å²) < 4.78 is 13.5. The largest absolute Gasteiger partial charge is 0.481 e. The van der Waals surface area contributed by atoms with E-state index in [2.05, 4.69) is 10.6 Å². The van der Waals surface area contributed by atoms with Crippen molar-refractivity contribution in [1.29, 1.82) is 0 Å². The van der Waals surface area contributed by atoms with Crippen molar-refractivity contribution in [1.82, 2.24) is 9.88 Å². The molecule has 2 amide bonds. The summed E-state index contributed by atoms with van der Waals surface area (Å²) in [7, 11) is 0. The number of carbonyl (C=O) groups excluding carboxylic acids is 3. The SMILES string of the molecule is O=C(O)C[C@H](NC(=O)Cn1cccc(NC(=O)c2ccccc2)c1=O)C(=O)CF. The number of ketones is 1. The highest BCUT2D eigenvalue weighted by atomic mass is 19.1. The van der Waals surface area contributed by atoms with E-state index in [1.54, 1.807) is 30.3 Å². The van der Waals surface area contributed by atoms with Gasteiger partial charge in [-0.05, 0) is 24.3 Å². The van der Waals surface area contributed by atoms with Gasteiger partial charge in [-0.15, -0.1) is 0 Å². The van der Waals surface area contributed by atoms with Gasteiger partial charge in [-0.25, -0.2) is 4.39 Å². The summed E-state index contributed by atoms with van der Waals surface area (Å²) in [6, 6.07) is 9.43. The number of carbonyl (C=O) groups is 4. The Morgan fingerprint density at radius 3 is 2.38 bits per heavy atom. The number of benzene rings is 1. The fourth-order valence-corrected chi connectivity index (χ4v) is 2.45. The van der Waals surface area contributed by atoms with Gasteiger partial charge in [-0.1, -0.05) is 18.2 Å². The second-order valence-electron chi connectivity index (χ2n) is 5.99. The number of aliphatic carboxylic acids is 1. The van der Waals surface area contributed by atoms with Gasteiger partial charge in [0, 0.05) is 11.8 Å². The van der Waals surface area contributed by atoms with Crippen LogP contribution in [0.3, 0.4) is 0 Å².